The largest absolute Gasteiger partial charge is 0.368 e. The van der Waals surface area contributed by atoms with Crippen LogP contribution in [0.3, 0.4) is 0 Å². The van der Waals surface area contributed by atoms with Crippen molar-refractivity contribution in [1.82, 2.24) is 9.97 Å². The van der Waals surface area contributed by atoms with Crippen LogP contribution in [0.25, 0.3) is 0 Å². The molecule has 1 aromatic rings. The normalized spacial score (nSPS) is 17.0. The van der Waals surface area contributed by atoms with Crippen molar-refractivity contribution >= 4 is 27.7 Å². The summed E-state index contributed by atoms with van der Waals surface area (Å²) >= 11 is 3.47. The van der Waals surface area contributed by atoms with Crippen LogP contribution in [0, 0.1) is 11.3 Å². The summed E-state index contributed by atoms with van der Waals surface area (Å²) < 4.78 is 0.913. The zero-order chi connectivity index (χ0) is 12.5. The van der Waals surface area contributed by atoms with E-state index in [-0.39, 0.29) is 0 Å². The molecule has 1 fully saturated rings. The van der Waals surface area contributed by atoms with Gasteiger partial charge in [-0.05, 0) is 40.1 Å². The molecule has 1 saturated carbocycles. The zero-order valence-corrected chi connectivity index (χ0v) is 12.1. The SMILES string of the molecule is CNc1ncc(Br)c(NCC2(C(C)C)CC2)n1. The molecular formula is C12H19BrN4. The number of hydrogen-bond acceptors (Lipinski definition) is 4. The van der Waals surface area contributed by atoms with E-state index in [4.69, 9.17) is 0 Å². The number of halogens is 1. The van der Waals surface area contributed by atoms with E-state index in [2.05, 4.69) is 50.4 Å². The Morgan fingerprint density at radius 2 is 2.18 bits per heavy atom. The van der Waals surface area contributed by atoms with Crippen molar-refractivity contribution < 1.29 is 0 Å². The van der Waals surface area contributed by atoms with Gasteiger partial charge < -0.3 is 10.6 Å². The van der Waals surface area contributed by atoms with Crippen LogP contribution in [0.4, 0.5) is 11.8 Å². The fourth-order valence-corrected chi connectivity index (χ4v) is 2.32. The molecule has 17 heavy (non-hydrogen) atoms. The Labute approximate surface area is 111 Å². The Kier molecular flexibility index (Phi) is 3.56. The molecular weight excluding hydrogens is 280 g/mol. The molecule has 0 spiro atoms. The number of aromatic nitrogens is 2. The Morgan fingerprint density at radius 1 is 1.47 bits per heavy atom. The summed E-state index contributed by atoms with van der Waals surface area (Å²) in [5.74, 6) is 2.24. The van der Waals surface area contributed by atoms with Gasteiger partial charge in [0.25, 0.3) is 0 Å². The summed E-state index contributed by atoms with van der Waals surface area (Å²) in [5, 5.41) is 6.38. The van der Waals surface area contributed by atoms with E-state index in [1.54, 1.807) is 6.20 Å². The van der Waals surface area contributed by atoms with E-state index in [1.165, 1.54) is 12.8 Å². The Bertz CT molecular complexity index is 401. The lowest BCUT2D eigenvalue weighted by Gasteiger charge is -2.20. The second-order valence-electron chi connectivity index (χ2n) is 5.01. The maximum absolute atomic E-state index is 4.40. The third-order valence-electron chi connectivity index (χ3n) is 3.69. The van der Waals surface area contributed by atoms with Gasteiger partial charge >= 0.3 is 0 Å². The molecule has 2 N–H and O–H groups in total. The van der Waals surface area contributed by atoms with Gasteiger partial charge in [0.15, 0.2) is 0 Å². The molecule has 0 aliphatic heterocycles. The van der Waals surface area contributed by atoms with Crippen LogP contribution in [0.1, 0.15) is 26.7 Å². The Hall–Kier alpha value is -0.840. The highest BCUT2D eigenvalue weighted by atomic mass is 79.9. The molecule has 0 radical (unpaired) electrons. The van der Waals surface area contributed by atoms with Crippen molar-refractivity contribution in [3.8, 4) is 0 Å². The molecule has 0 unspecified atom stereocenters. The second-order valence-corrected chi connectivity index (χ2v) is 5.87. The molecule has 1 heterocycles. The quantitative estimate of drug-likeness (QED) is 0.877. The average molecular weight is 299 g/mol. The summed E-state index contributed by atoms with van der Waals surface area (Å²) in [6.07, 6.45) is 4.41. The molecule has 0 aromatic carbocycles. The summed E-state index contributed by atoms with van der Waals surface area (Å²) in [5.41, 5.74) is 0.476. The molecule has 0 amide bonds. The lowest BCUT2D eigenvalue weighted by molar-refractivity contribution is 0.380. The van der Waals surface area contributed by atoms with Crippen molar-refractivity contribution in [2.45, 2.75) is 26.7 Å². The third kappa shape index (κ3) is 2.70. The minimum absolute atomic E-state index is 0.476. The van der Waals surface area contributed by atoms with Gasteiger partial charge in [-0.2, -0.15) is 4.98 Å². The van der Waals surface area contributed by atoms with Crippen molar-refractivity contribution in [2.24, 2.45) is 11.3 Å². The van der Waals surface area contributed by atoms with Crippen LogP contribution < -0.4 is 10.6 Å². The molecule has 0 atom stereocenters. The summed E-state index contributed by atoms with van der Waals surface area (Å²) in [7, 11) is 1.82. The average Bonchev–Trinajstić information content (AvgIpc) is 3.09. The zero-order valence-electron chi connectivity index (χ0n) is 10.5. The van der Waals surface area contributed by atoms with Crippen molar-refractivity contribution in [1.29, 1.82) is 0 Å². The van der Waals surface area contributed by atoms with Crippen LogP contribution in [0.5, 0.6) is 0 Å². The van der Waals surface area contributed by atoms with Gasteiger partial charge in [-0.25, -0.2) is 4.98 Å². The van der Waals surface area contributed by atoms with Crippen LogP contribution >= 0.6 is 15.9 Å². The van der Waals surface area contributed by atoms with Crippen molar-refractivity contribution in [3.05, 3.63) is 10.7 Å². The van der Waals surface area contributed by atoms with Gasteiger partial charge in [0.05, 0.1) is 4.47 Å². The minimum atomic E-state index is 0.476. The molecule has 0 bridgehead atoms. The lowest BCUT2D eigenvalue weighted by atomic mass is 9.92. The van der Waals surface area contributed by atoms with Crippen LogP contribution in [-0.4, -0.2) is 23.6 Å². The number of nitrogens with one attached hydrogen (secondary N) is 2. The number of anilines is 2. The van der Waals surface area contributed by atoms with Gasteiger partial charge in [-0.15, -0.1) is 0 Å². The van der Waals surface area contributed by atoms with Crippen LogP contribution in [-0.2, 0) is 0 Å². The Morgan fingerprint density at radius 3 is 2.71 bits per heavy atom. The van der Waals surface area contributed by atoms with Gasteiger partial charge in [0.1, 0.15) is 5.82 Å². The Balaban J connectivity index is 2.04. The van der Waals surface area contributed by atoms with Gasteiger partial charge in [0, 0.05) is 19.8 Å². The number of hydrogen-bond donors (Lipinski definition) is 2. The molecule has 1 aromatic heterocycles. The first-order chi connectivity index (χ1) is 8.07. The molecule has 1 aliphatic carbocycles. The lowest BCUT2D eigenvalue weighted by Crippen LogP contribution is -2.21. The van der Waals surface area contributed by atoms with Gasteiger partial charge in [-0.3, -0.25) is 0 Å². The second kappa shape index (κ2) is 4.80. The maximum atomic E-state index is 4.40. The monoisotopic (exact) mass is 298 g/mol. The summed E-state index contributed by atoms with van der Waals surface area (Å²) in [6.45, 7) is 5.58. The number of rotatable bonds is 5. The predicted molar refractivity (Wildman–Crippen MR) is 74.3 cm³/mol. The highest BCUT2D eigenvalue weighted by Gasteiger charge is 2.45. The first kappa shape index (κ1) is 12.6. The van der Waals surface area contributed by atoms with Gasteiger partial charge in [0.2, 0.25) is 5.95 Å². The van der Waals surface area contributed by atoms with E-state index >= 15 is 0 Å². The van der Waals surface area contributed by atoms with Crippen molar-refractivity contribution in [3.63, 3.8) is 0 Å². The molecule has 2 rings (SSSR count). The molecule has 4 nitrogen and oxygen atoms in total. The first-order valence-electron chi connectivity index (χ1n) is 6.01. The standard InChI is InChI=1S/C12H19BrN4/c1-8(2)12(4-5-12)7-16-10-9(13)6-15-11(14-3)17-10/h6,8H,4-5,7H2,1-3H3,(H2,14,15,16,17). The van der Waals surface area contributed by atoms with E-state index < -0.39 is 0 Å². The minimum Gasteiger partial charge on any atom is -0.368 e. The summed E-state index contributed by atoms with van der Waals surface area (Å²) in [6, 6.07) is 0. The number of nitrogens with zero attached hydrogens (tertiary/aromatic N) is 2. The van der Waals surface area contributed by atoms with Crippen molar-refractivity contribution in [2.75, 3.05) is 24.2 Å². The predicted octanol–water partition coefficient (Wildman–Crippen LogP) is 3.13. The highest BCUT2D eigenvalue weighted by Crippen LogP contribution is 2.51. The summed E-state index contributed by atoms with van der Waals surface area (Å²) in [4.78, 5) is 8.54. The van der Waals surface area contributed by atoms with E-state index in [0.29, 0.717) is 11.4 Å². The highest BCUT2D eigenvalue weighted by molar-refractivity contribution is 9.10. The van der Waals surface area contributed by atoms with E-state index in [0.717, 1.165) is 22.8 Å². The molecule has 5 heteroatoms. The van der Waals surface area contributed by atoms with E-state index in [9.17, 15) is 0 Å². The van der Waals surface area contributed by atoms with Crippen LogP contribution in [0.2, 0.25) is 0 Å². The maximum Gasteiger partial charge on any atom is 0.224 e. The smallest absolute Gasteiger partial charge is 0.224 e. The topological polar surface area (TPSA) is 49.8 Å². The van der Waals surface area contributed by atoms with Crippen LogP contribution in [0.15, 0.2) is 10.7 Å². The molecule has 1 aliphatic rings. The third-order valence-corrected chi connectivity index (χ3v) is 4.27. The molecule has 94 valence electrons. The van der Waals surface area contributed by atoms with E-state index in [1.807, 2.05) is 7.05 Å². The van der Waals surface area contributed by atoms with Gasteiger partial charge in [-0.1, -0.05) is 13.8 Å². The first-order valence-corrected chi connectivity index (χ1v) is 6.81. The molecule has 0 saturated heterocycles. The fourth-order valence-electron chi connectivity index (χ4n) is 1.99. The fraction of sp³-hybridized carbons (Fsp3) is 0.667.